The van der Waals surface area contributed by atoms with Crippen LogP contribution in [0.15, 0.2) is 23.9 Å². The molecular formula is C33H56N3+. The Kier molecular flexibility index (Phi) is 8.20. The lowest BCUT2D eigenvalue weighted by Crippen LogP contribution is -2.53. The van der Waals surface area contributed by atoms with Gasteiger partial charge < -0.3 is 0 Å². The normalized spacial score (nSPS) is 44.1. The quantitative estimate of drug-likeness (QED) is 0.262. The van der Waals surface area contributed by atoms with Crippen molar-refractivity contribution in [1.82, 2.24) is 5.01 Å². The first kappa shape index (κ1) is 27.9. The summed E-state index contributed by atoms with van der Waals surface area (Å²) in [4.78, 5) is 0. The van der Waals surface area contributed by atoms with Crippen LogP contribution < -0.4 is 0 Å². The minimum atomic E-state index is 0.336. The van der Waals surface area contributed by atoms with E-state index in [-0.39, 0.29) is 0 Å². The summed E-state index contributed by atoms with van der Waals surface area (Å²) < 4.78 is 0.693. The van der Waals surface area contributed by atoms with Gasteiger partial charge in [0.1, 0.15) is 24.4 Å². The van der Waals surface area contributed by atoms with Gasteiger partial charge >= 0.3 is 0 Å². The first-order chi connectivity index (χ1) is 17.0. The fraction of sp³-hybridized carbons (Fsp3) is 0.848. The first-order valence-electron chi connectivity index (χ1n) is 15.4. The van der Waals surface area contributed by atoms with E-state index >= 15 is 0 Å². The van der Waals surface area contributed by atoms with Gasteiger partial charge in [0.2, 0.25) is 0 Å². The van der Waals surface area contributed by atoms with Crippen LogP contribution in [0.4, 0.5) is 0 Å². The molecule has 8 unspecified atom stereocenters. The molecule has 3 heteroatoms. The van der Waals surface area contributed by atoms with E-state index in [2.05, 4.69) is 66.0 Å². The molecule has 0 aromatic rings. The van der Waals surface area contributed by atoms with E-state index in [1.807, 2.05) is 0 Å². The number of hydrogen-bond acceptors (Lipinski definition) is 2. The summed E-state index contributed by atoms with van der Waals surface area (Å²) in [6.45, 7) is 19.1. The number of quaternary nitrogens is 1. The minimum absolute atomic E-state index is 0.336. The summed E-state index contributed by atoms with van der Waals surface area (Å²) in [5, 5.41) is 11.8. The SMILES string of the molecule is C=C(C[N+]1(C)C=C(C#N)CN1C)C(CCC)C1(C)CCC2C3CCC[C@](C)(CC)CC3CCC2C1C. The molecule has 1 aliphatic heterocycles. The Labute approximate surface area is 223 Å². The molecule has 3 nitrogen and oxygen atoms in total. The Balaban J connectivity index is 1.53. The van der Waals surface area contributed by atoms with Gasteiger partial charge in [-0.2, -0.15) is 5.26 Å². The molecular weight excluding hydrogens is 438 g/mol. The van der Waals surface area contributed by atoms with Gasteiger partial charge in [-0.3, -0.25) is 0 Å². The lowest BCUT2D eigenvalue weighted by Gasteiger charge is -2.57. The summed E-state index contributed by atoms with van der Waals surface area (Å²) in [6, 6.07) is 2.40. The number of fused-ring (bicyclic) bond motifs is 3. The van der Waals surface area contributed by atoms with E-state index in [0.717, 1.165) is 48.3 Å². The number of hydrogen-bond donors (Lipinski definition) is 0. The smallest absolute Gasteiger partial charge is 0.131 e. The number of likely N-dealkylation sites (N-methyl/N-ethyl adjacent to an activating group) is 2. The second kappa shape index (κ2) is 10.6. The van der Waals surface area contributed by atoms with Crippen molar-refractivity contribution in [3.63, 3.8) is 0 Å². The molecule has 0 spiro atoms. The third-order valence-corrected chi connectivity index (χ3v) is 12.3. The Hall–Kier alpha value is -1.11. The van der Waals surface area contributed by atoms with Crippen LogP contribution in [0.1, 0.15) is 105 Å². The summed E-state index contributed by atoms with van der Waals surface area (Å²) in [7, 11) is 4.39. The molecule has 0 aromatic carbocycles. The monoisotopic (exact) mass is 494 g/mol. The van der Waals surface area contributed by atoms with Crippen LogP contribution in [0, 0.1) is 57.7 Å². The summed E-state index contributed by atoms with van der Waals surface area (Å²) in [5.74, 6) is 5.14. The number of nitrogens with zero attached hydrogens (tertiary/aromatic N) is 3. The molecule has 3 saturated carbocycles. The lowest BCUT2D eigenvalue weighted by molar-refractivity contribution is -0.962. The molecule has 4 aliphatic rings. The maximum Gasteiger partial charge on any atom is 0.131 e. The maximum atomic E-state index is 9.50. The molecule has 4 rings (SSSR count). The highest BCUT2D eigenvalue weighted by atomic mass is 15.7. The van der Waals surface area contributed by atoms with Crippen molar-refractivity contribution in [3.8, 4) is 6.07 Å². The van der Waals surface area contributed by atoms with Crippen LogP contribution in [0.5, 0.6) is 0 Å². The van der Waals surface area contributed by atoms with Gasteiger partial charge in [0.05, 0.1) is 13.6 Å². The van der Waals surface area contributed by atoms with Crippen molar-refractivity contribution < 1.29 is 4.59 Å². The van der Waals surface area contributed by atoms with Crippen LogP contribution in [-0.4, -0.2) is 36.8 Å². The Morgan fingerprint density at radius 1 is 1.17 bits per heavy atom. The third kappa shape index (κ3) is 4.99. The van der Waals surface area contributed by atoms with Gasteiger partial charge in [-0.05, 0) is 103 Å². The van der Waals surface area contributed by atoms with Crippen LogP contribution in [0.3, 0.4) is 0 Å². The van der Waals surface area contributed by atoms with E-state index in [0.29, 0.717) is 21.3 Å². The standard InChI is InChI=1S/C33H56N3/c1-9-12-31(24(3)22-36(8)23-26(20-34)21-35(36)7)33(6)18-16-30-28(25(33)4)15-14-27-19-32(5,10-2)17-11-13-29(27)30/h23,25,27-31H,3,9-19,21-22H2,1-2,4-8H3/q+1/t25?,27?,28?,29?,30?,31?,32-,33?,36?/m0/s1. The summed E-state index contributed by atoms with van der Waals surface area (Å²) in [6.07, 6.45) is 17.6. The molecule has 202 valence electrons. The zero-order valence-electron chi connectivity index (χ0n) is 24.8. The highest BCUT2D eigenvalue weighted by Crippen LogP contribution is 2.61. The largest absolute Gasteiger partial charge is 0.216 e. The molecule has 3 fully saturated rings. The molecule has 0 amide bonds. The second-order valence-corrected chi connectivity index (χ2v) is 14.4. The van der Waals surface area contributed by atoms with Crippen molar-refractivity contribution in [2.45, 2.75) is 105 Å². The number of nitriles is 1. The van der Waals surface area contributed by atoms with E-state index in [4.69, 9.17) is 6.58 Å². The van der Waals surface area contributed by atoms with Crippen molar-refractivity contribution in [2.24, 2.45) is 46.3 Å². The van der Waals surface area contributed by atoms with Crippen LogP contribution in [0.25, 0.3) is 0 Å². The molecule has 0 saturated heterocycles. The van der Waals surface area contributed by atoms with Gasteiger partial charge in [-0.15, -0.1) is 5.01 Å². The third-order valence-electron chi connectivity index (χ3n) is 12.3. The van der Waals surface area contributed by atoms with Crippen LogP contribution >= 0.6 is 0 Å². The predicted molar refractivity (Wildman–Crippen MR) is 151 cm³/mol. The molecule has 0 radical (unpaired) electrons. The van der Waals surface area contributed by atoms with Gasteiger partial charge in [0.25, 0.3) is 0 Å². The van der Waals surface area contributed by atoms with Crippen molar-refractivity contribution in [2.75, 3.05) is 27.2 Å². The molecule has 0 N–H and O–H groups in total. The molecule has 36 heavy (non-hydrogen) atoms. The van der Waals surface area contributed by atoms with E-state index < -0.39 is 0 Å². The van der Waals surface area contributed by atoms with Crippen molar-refractivity contribution >= 4 is 0 Å². The first-order valence-corrected chi connectivity index (χ1v) is 15.4. The highest BCUT2D eigenvalue weighted by Gasteiger charge is 2.53. The fourth-order valence-corrected chi connectivity index (χ4v) is 9.68. The Morgan fingerprint density at radius 2 is 1.92 bits per heavy atom. The molecule has 9 atom stereocenters. The zero-order chi connectivity index (χ0) is 26.3. The average molecular weight is 495 g/mol. The van der Waals surface area contributed by atoms with Crippen molar-refractivity contribution in [3.05, 3.63) is 23.9 Å². The molecule has 3 aliphatic carbocycles. The van der Waals surface area contributed by atoms with Crippen LogP contribution in [-0.2, 0) is 0 Å². The van der Waals surface area contributed by atoms with Gasteiger partial charge in [0, 0.05) is 7.05 Å². The number of rotatable bonds is 7. The zero-order valence-corrected chi connectivity index (χ0v) is 24.8. The van der Waals surface area contributed by atoms with E-state index in [1.165, 1.54) is 76.2 Å². The topological polar surface area (TPSA) is 27.0 Å². The summed E-state index contributed by atoms with van der Waals surface area (Å²) in [5.41, 5.74) is 3.23. The summed E-state index contributed by atoms with van der Waals surface area (Å²) >= 11 is 0. The van der Waals surface area contributed by atoms with Crippen LogP contribution in [0.2, 0.25) is 0 Å². The maximum absolute atomic E-state index is 9.50. The Bertz CT molecular complexity index is 884. The molecule has 0 bridgehead atoms. The lowest BCUT2D eigenvalue weighted by atomic mass is 9.48. The highest BCUT2D eigenvalue weighted by molar-refractivity contribution is 5.22. The second-order valence-electron chi connectivity index (χ2n) is 14.4. The molecule has 0 aromatic heterocycles. The van der Waals surface area contributed by atoms with Gasteiger partial charge in [-0.1, -0.05) is 60.5 Å². The van der Waals surface area contributed by atoms with Gasteiger partial charge in [0.15, 0.2) is 0 Å². The minimum Gasteiger partial charge on any atom is -0.216 e. The van der Waals surface area contributed by atoms with Gasteiger partial charge in [-0.25, -0.2) is 4.59 Å². The predicted octanol–water partition coefficient (Wildman–Crippen LogP) is 8.36. The molecule has 1 heterocycles. The fourth-order valence-electron chi connectivity index (χ4n) is 9.68. The van der Waals surface area contributed by atoms with Crippen molar-refractivity contribution in [1.29, 1.82) is 5.26 Å². The van der Waals surface area contributed by atoms with E-state index in [1.54, 1.807) is 0 Å². The Morgan fingerprint density at radius 3 is 2.56 bits per heavy atom. The average Bonchev–Trinajstić information content (AvgIpc) is 3.01. The van der Waals surface area contributed by atoms with E-state index in [9.17, 15) is 5.26 Å².